The molecule has 1 heterocycles. The Morgan fingerprint density at radius 2 is 1.55 bits per heavy atom. The number of nitriles is 2. The van der Waals surface area contributed by atoms with E-state index in [2.05, 4.69) is 4.72 Å². The van der Waals surface area contributed by atoms with Crippen molar-refractivity contribution in [3.8, 4) is 12.1 Å². The molecule has 1 atom stereocenters. The van der Waals surface area contributed by atoms with Gasteiger partial charge in [-0.1, -0.05) is 12.1 Å². The van der Waals surface area contributed by atoms with Gasteiger partial charge in [-0.05, 0) is 42.8 Å². The summed E-state index contributed by atoms with van der Waals surface area (Å²) in [5.74, 6) is -0.546. The number of rotatable bonds is 8. The predicted octanol–water partition coefficient (Wildman–Crippen LogP) is 0.586. The van der Waals surface area contributed by atoms with Crippen LogP contribution in [0.4, 0.5) is 0 Å². The number of hydrogen-bond acceptors (Lipinski definition) is 8. The largest absolute Gasteiger partial charge is 0.243 e. The SMILES string of the molecule is N#Cc1cccc(S(=O)(=O)NCCN([C@@H]2CCS(=O)(=O)C2)S(=O)(=O)c2cccc(C#N)c2)c1. The molecule has 0 radical (unpaired) electrons. The summed E-state index contributed by atoms with van der Waals surface area (Å²) >= 11 is 0. The normalized spacial score (nSPS) is 18.0. The van der Waals surface area contributed by atoms with E-state index in [0.29, 0.717) is 0 Å². The third-order valence-electron chi connectivity index (χ3n) is 5.08. The van der Waals surface area contributed by atoms with Crippen molar-refractivity contribution in [2.24, 2.45) is 0 Å². The van der Waals surface area contributed by atoms with Crippen LogP contribution < -0.4 is 4.72 Å². The molecule has 0 saturated carbocycles. The average molecular weight is 509 g/mol. The zero-order valence-electron chi connectivity index (χ0n) is 17.2. The highest BCUT2D eigenvalue weighted by atomic mass is 32.2. The fourth-order valence-electron chi connectivity index (χ4n) is 3.47. The third kappa shape index (κ3) is 5.76. The summed E-state index contributed by atoms with van der Waals surface area (Å²) in [5, 5.41) is 18.1. The zero-order valence-corrected chi connectivity index (χ0v) is 19.7. The van der Waals surface area contributed by atoms with Crippen LogP contribution in [0.5, 0.6) is 0 Å². The van der Waals surface area contributed by atoms with Gasteiger partial charge in [-0.2, -0.15) is 14.8 Å². The van der Waals surface area contributed by atoms with Crippen molar-refractivity contribution >= 4 is 29.9 Å². The molecule has 0 amide bonds. The van der Waals surface area contributed by atoms with Gasteiger partial charge in [-0.15, -0.1) is 0 Å². The lowest BCUT2D eigenvalue weighted by molar-refractivity contribution is 0.343. The highest BCUT2D eigenvalue weighted by Gasteiger charge is 2.38. The maximum atomic E-state index is 13.3. The minimum atomic E-state index is -4.22. The Bertz CT molecular complexity index is 1460. The average Bonchev–Trinajstić information content (AvgIpc) is 3.15. The second-order valence-corrected chi connectivity index (χ2v) is 13.2. The molecule has 1 fully saturated rings. The van der Waals surface area contributed by atoms with Crippen molar-refractivity contribution in [1.29, 1.82) is 10.5 Å². The highest BCUT2D eigenvalue weighted by Crippen LogP contribution is 2.25. The molecule has 10 nitrogen and oxygen atoms in total. The molecule has 1 N–H and O–H groups in total. The summed E-state index contributed by atoms with van der Waals surface area (Å²) in [7, 11) is -11.7. The van der Waals surface area contributed by atoms with E-state index in [0.717, 1.165) is 4.31 Å². The summed E-state index contributed by atoms with van der Waals surface area (Å²) in [5.41, 5.74) is 0.267. The van der Waals surface area contributed by atoms with E-state index in [-0.39, 0.29) is 51.9 Å². The van der Waals surface area contributed by atoms with Crippen LogP contribution in [0.25, 0.3) is 0 Å². The van der Waals surface area contributed by atoms with Gasteiger partial charge in [0, 0.05) is 19.1 Å². The molecule has 2 aromatic rings. The van der Waals surface area contributed by atoms with E-state index >= 15 is 0 Å². The minimum Gasteiger partial charge on any atom is -0.229 e. The van der Waals surface area contributed by atoms with Crippen molar-refractivity contribution in [3.63, 3.8) is 0 Å². The molecule has 1 aliphatic heterocycles. The Morgan fingerprint density at radius 3 is 2.09 bits per heavy atom. The molecule has 1 saturated heterocycles. The Hall–Kier alpha value is -2.81. The molecule has 0 aromatic heterocycles. The first-order valence-electron chi connectivity index (χ1n) is 9.71. The molecule has 13 heteroatoms. The molecule has 174 valence electrons. The van der Waals surface area contributed by atoms with Crippen LogP contribution >= 0.6 is 0 Å². The number of sulfonamides is 2. The topological polar surface area (TPSA) is 165 Å². The minimum absolute atomic E-state index is 0.0798. The first-order valence-corrected chi connectivity index (χ1v) is 14.5. The molecule has 0 bridgehead atoms. The van der Waals surface area contributed by atoms with Crippen LogP contribution in [0.1, 0.15) is 17.5 Å². The number of hydrogen-bond donors (Lipinski definition) is 1. The van der Waals surface area contributed by atoms with Gasteiger partial charge in [0.15, 0.2) is 9.84 Å². The van der Waals surface area contributed by atoms with Gasteiger partial charge in [0.2, 0.25) is 20.0 Å². The van der Waals surface area contributed by atoms with Gasteiger partial charge >= 0.3 is 0 Å². The molecule has 0 aliphatic carbocycles. The van der Waals surface area contributed by atoms with Crippen molar-refractivity contribution in [1.82, 2.24) is 9.03 Å². The fourth-order valence-corrected chi connectivity index (χ4v) is 8.06. The van der Waals surface area contributed by atoms with Crippen molar-refractivity contribution in [3.05, 3.63) is 59.7 Å². The van der Waals surface area contributed by atoms with Crippen LogP contribution in [-0.2, 0) is 29.9 Å². The number of benzene rings is 2. The van der Waals surface area contributed by atoms with E-state index in [1.807, 2.05) is 12.1 Å². The second kappa shape index (κ2) is 9.59. The maximum Gasteiger partial charge on any atom is 0.243 e. The second-order valence-electron chi connectivity index (χ2n) is 7.35. The van der Waals surface area contributed by atoms with E-state index in [9.17, 15) is 25.3 Å². The Morgan fingerprint density at radius 1 is 0.970 bits per heavy atom. The number of nitrogens with one attached hydrogen (secondary N) is 1. The summed E-state index contributed by atoms with van der Waals surface area (Å²) in [6.07, 6.45) is 0.0798. The van der Waals surface area contributed by atoms with Crippen LogP contribution in [0.3, 0.4) is 0 Å². The van der Waals surface area contributed by atoms with E-state index < -0.39 is 35.9 Å². The number of nitrogens with zero attached hydrogens (tertiary/aromatic N) is 3. The van der Waals surface area contributed by atoms with Gasteiger partial charge < -0.3 is 0 Å². The molecule has 1 aliphatic rings. The summed E-state index contributed by atoms with van der Waals surface area (Å²) in [4.78, 5) is -0.337. The van der Waals surface area contributed by atoms with Crippen LogP contribution in [0, 0.1) is 22.7 Å². The molecule has 2 aromatic carbocycles. The standard InChI is InChI=1S/C20H20N4O6S3/c21-13-16-3-1-5-19(11-16)32(27,28)23-8-9-24(18-7-10-31(25,26)15-18)33(29,30)20-6-2-4-17(12-20)14-22/h1-6,11-12,18,23H,7-10,15H2/t18-/m1/s1. The van der Waals surface area contributed by atoms with Gasteiger partial charge in [-0.25, -0.2) is 30.0 Å². The highest BCUT2D eigenvalue weighted by molar-refractivity contribution is 7.92. The van der Waals surface area contributed by atoms with Crippen molar-refractivity contribution in [2.45, 2.75) is 22.3 Å². The number of sulfone groups is 1. The van der Waals surface area contributed by atoms with Crippen molar-refractivity contribution in [2.75, 3.05) is 24.6 Å². The summed E-state index contributed by atoms with van der Waals surface area (Å²) < 4.78 is 79.1. The Labute approximate surface area is 193 Å². The van der Waals surface area contributed by atoms with Gasteiger partial charge in [0.05, 0.1) is 44.6 Å². The van der Waals surface area contributed by atoms with E-state index in [4.69, 9.17) is 10.5 Å². The molecular formula is C20H20N4O6S3. The molecule has 0 spiro atoms. The monoisotopic (exact) mass is 508 g/mol. The van der Waals surface area contributed by atoms with E-state index in [1.54, 1.807) is 0 Å². The smallest absolute Gasteiger partial charge is 0.229 e. The van der Waals surface area contributed by atoms with Gasteiger partial charge in [0.25, 0.3) is 0 Å². The molecule has 3 rings (SSSR count). The summed E-state index contributed by atoms with van der Waals surface area (Å²) in [6, 6.07) is 13.5. The van der Waals surface area contributed by atoms with Gasteiger partial charge in [0.1, 0.15) is 0 Å². The molecule has 33 heavy (non-hydrogen) atoms. The molecule has 0 unspecified atom stereocenters. The van der Waals surface area contributed by atoms with Gasteiger partial charge in [-0.3, -0.25) is 0 Å². The third-order valence-corrected chi connectivity index (χ3v) is 10.2. The molecular weight excluding hydrogens is 488 g/mol. The zero-order chi connectivity index (χ0) is 24.3. The fraction of sp³-hybridized carbons (Fsp3) is 0.300. The van der Waals surface area contributed by atoms with Crippen LogP contribution in [0.2, 0.25) is 0 Å². The van der Waals surface area contributed by atoms with Crippen molar-refractivity contribution < 1.29 is 25.3 Å². The Kier molecular flexibility index (Phi) is 7.21. The first kappa shape index (κ1) is 24.8. The first-order chi connectivity index (χ1) is 15.5. The van der Waals surface area contributed by atoms with Crippen LogP contribution in [-0.4, -0.2) is 60.2 Å². The lowest BCUT2D eigenvalue weighted by atomic mass is 10.2. The lowest BCUT2D eigenvalue weighted by Crippen LogP contribution is -2.45. The van der Waals surface area contributed by atoms with E-state index in [1.165, 1.54) is 48.5 Å². The quantitative estimate of drug-likeness (QED) is 0.541. The maximum absolute atomic E-state index is 13.3. The lowest BCUT2D eigenvalue weighted by Gasteiger charge is -2.27. The Balaban J connectivity index is 1.86. The predicted molar refractivity (Wildman–Crippen MR) is 118 cm³/mol. The summed E-state index contributed by atoms with van der Waals surface area (Å²) in [6.45, 7) is -0.649. The van der Waals surface area contributed by atoms with Crippen LogP contribution in [0.15, 0.2) is 58.3 Å².